The van der Waals surface area contributed by atoms with E-state index in [9.17, 15) is 0 Å². The molecule has 9 rings (SSSR count). The van der Waals surface area contributed by atoms with Crippen LogP contribution in [0.25, 0.3) is 45.6 Å². The van der Waals surface area contributed by atoms with Crippen molar-refractivity contribution in [1.29, 1.82) is 0 Å². The topological polar surface area (TPSA) is 26.3 Å². The number of halogens is 2. The van der Waals surface area contributed by atoms with Gasteiger partial charge in [0.1, 0.15) is 0 Å². The summed E-state index contributed by atoms with van der Waals surface area (Å²) in [5, 5.41) is 0. The van der Waals surface area contributed by atoms with Gasteiger partial charge in [0.25, 0.3) is 0 Å². The summed E-state index contributed by atoms with van der Waals surface area (Å²) >= 11 is 11.4. The van der Waals surface area contributed by atoms with Crippen LogP contribution in [0.1, 0.15) is 180 Å². The normalized spacial score (nSPS) is 18.0. The van der Waals surface area contributed by atoms with Gasteiger partial charge in [-0.1, -0.05) is 0 Å². The molecule has 2 aliphatic carbocycles. The SMILES string of the molecule is Cc1ccc(C2=Cc3c(cc(C)c(C)c3-c3cc(C(C)(C)C)cc(C(C)(C)C)c3)[CH]2[Zr]([CH]2C(c3ccc(C)o3)=Cc3c2cc(C)c(C)c3-c2cc(C(C)(C)C)cc(C(C)(C)C)c2)=[Si]2CC(Cl)(Cl)C2)o1. The molecule has 1 aliphatic heterocycles. The first-order chi connectivity index (χ1) is 31.9. The van der Waals surface area contributed by atoms with Crippen molar-refractivity contribution in [2.75, 3.05) is 0 Å². The predicted molar refractivity (Wildman–Crippen MR) is 295 cm³/mol. The molecule has 2 unspecified atom stereocenters. The number of hydrogen-bond acceptors (Lipinski definition) is 2. The Hall–Kier alpha value is -3.40. The van der Waals surface area contributed by atoms with Crippen molar-refractivity contribution in [2.45, 2.75) is 170 Å². The number of hydrogen-bond donors (Lipinski definition) is 0. The first-order valence-corrected chi connectivity index (χ1v) is 34.4. The monoisotopic (exact) mass is 1050 g/mol. The molecule has 2 atom stereocenters. The van der Waals surface area contributed by atoms with Crippen molar-refractivity contribution in [1.82, 2.24) is 0 Å². The molecule has 0 saturated carbocycles. The van der Waals surface area contributed by atoms with E-state index in [1.54, 1.807) is 0 Å². The molecule has 0 bridgehead atoms. The molecule has 1 fully saturated rings. The van der Waals surface area contributed by atoms with Crippen LogP contribution < -0.4 is 0 Å². The molecule has 360 valence electrons. The summed E-state index contributed by atoms with van der Waals surface area (Å²) in [6, 6.07) is 30.5. The molecule has 3 heterocycles. The number of rotatable bonds is 6. The summed E-state index contributed by atoms with van der Waals surface area (Å²) in [5.74, 6) is 3.85. The van der Waals surface area contributed by atoms with Gasteiger partial charge in [-0.25, -0.2) is 0 Å². The van der Waals surface area contributed by atoms with E-state index in [0.29, 0.717) is 0 Å². The molecule has 0 spiro atoms. The maximum atomic E-state index is 7.24. The second kappa shape index (κ2) is 17.4. The van der Waals surface area contributed by atoms with Crippen LogP contribution >= 0.6 is 23.2 Å². The molecular weight excluding hydrogens is 979 g/mol. The van der Waals surface area contributed by atoms with Gasteiger partial charge in [0.05, 0.1) is 0 Å². The number of furan rings is 2. The van der Waals surface area contributed by atoms with Crippen LogP contribution in [0.3, 0.4) is 0 Å². The fraction of sp³-hybridized carbons (Fsp3) is 0.429. The molecular formula is C63H74Cl2O2SiZr. The fourth-order valence-corrected chi connectivity index (χ4v) is 42.3. The third-order valence-corrected chi connectivity index (χ3v) is 38.1. The predicted octanol–water partition coefficient (Wildman–Crippen LogP) is 18.9. The Labute approximate surface area is 432 Å². The number of allylic oxidation sites excluding steroid dienone is 2. The molecule has 1 saturated heterocycles. The number of benzene rings is 4. The number of aryl methyl sites for hydroxylation is 4. The second-order valence-corrected chi connectivity index (χ2v) is 42.4. The van der Waals surface area contributed by atoms with E-state index in [2.05, 4.69) is 210 Å². The summed E-state index contributed by atoms with van der Waals surface area (Å²) in [4.78, 5) is 0. The summed E-state index contributed by atoms with van der Waals surface area (Å²) in [6.45, 7) is 41.7. The summed E-state index contributed by atoms with van der Waals surface area (Å²) in [5.41, 5.74) is 23.3. The fourth-order valence-electron chi connectivity index (χ4n) is 11.2. The minimum absolute atomic E-state index is 0.0164. The minimum atomic E-state index is -3.06. The third kappa shape index (κ3) is 9.34. The number of fused-ring (bicyclic) bond motifs is 2. The van der Waals surface area contributed by atoms with Gasteiger partial charge in [0, 0.05) is 0 Å². The summed E-state index contributed by atoms with van der Waals surface area (Å²) in [7, 11) is 0. The van der Waals surface area contributed by atoms with Gasteiger partial charge in [-0.15, -0.1) is 0 Å². The Morgan fingerprint density at radius 3 is 1.10 bits per heavy atom. The summed E-state index contributed by atoms with van der Waals surface area (Å²) < 4.78 is 13.3. The Balaban J connectivity index is 1.38. The van der Waals surface area contributed by atoms with E-state index in [1.807, 2.05) is 0 Å². The standard InChI is InChI=1S/2C30H35O.C3H4Cl2Si.Zr/c2*1-18-12-21-13-22(27-11-10-19(2)31-27)16-26(21)28(20(18)3)23-14-24(29(4,5)6)17-25(15-23)30(7,8)9;4-3(5)1-6-2-3;/h2*10-17H,1-9H3;1-2H2;. The Morgan fingerprint density at radius 1 is 0.493 bits per heavy atom. The van der Waals surface area contributed by atoms with E-state index >= 15 is 0 Å². The molecule has 4 aromatic carbocycles. The van der Waals surface area contributed by atoms with E-state index in [1.165, 1.54) is 100 Å². The van der Waals surface area contributed by atoms with Gasteiger partial charge in [0.15, 0.2) is 0 Å². The average Bonchev–Trinajstić information content (AvgIpc) is 4.03. The van der Waals surface area contributed by atoms with E-state index < -0.39 is 30.1 Å². The van der Waals surface area contributed by atoms with Crippen molar-refractivity contribution in [2.24, 2.45) is 0 Å². The molecule has 2 nitrogen and oxygen atoms in total. The first-order valence-electron chi connectivity index (χ1n) is 25.2. The average molecular weight is 1050 g/mol. The van der Waals surface area contributed by atoms with Gasteiger partial charge >= 0.3 is 436 Å². The van der Waals surface area contributed by atoms with Crippen molar-refractivity contribution < 1.29 is 29.2 Å². The van der Waals surface area contributed by atoms with E-state index in [0.717, 1.165) is 35.1 Å². The third-order valence-electron chi connectivity index (χ3n) is 15.6. The van der Waals surface area contributed by atoms with Crippen LogP contribution in [-0.2, 0) is 42.0 Å². The van der Waals surface area contributed by atoms with Crippen molar-refractivity contribution in [3.05, 3.63) is 163 Å². The van der Waals surface area contributed by atoms with Gasteiger partial charge < -0.3 is 0 Å². The van der Waals surface area contributed by atoms with E-state index in [4.69, 9.17) is 32.0 Å². The maximum absolute atomic E-state index is 7.24. The van der Waals surface area contributed by atoms with Crippen molar-refractivity contribution in [3.8, 4) is 22.3 Å². The molecule has 0 amide bonds. The van der Waals surface area contributed by atoms with Gasteiger partial charge in [-0.3, -0.25) is 0 Å². The molecule has 0 N–H and O–H groups in total. The van der Waals surface area contributed by atoms with Gasteiger partial charge in [-0.2, -0.15) is 0 Å². The quantitative estimate of drug-likeness (QED) is 0.123. The van der Waals surface area contributed by atoms with Gasteiger partial charge in [0.2, 0.25) is 0 Å². The molecule has 0 radical (unpaired) electrons. The Morgan fingerprint density at radius 2 is 0.826 bits per heavy atom. The van der Waals surface area contributed by atoms with Crippen LogP contribution in [0, 0.1) is 41.5 Å². The molecule has 6 aromatic rings. The van der Waals surface area contributed by atoms with Crippen molar-refractivity contribution >= 4 is 51.9 Å². The Kier molecular flexibility index (Phi) is 12.7. The zero-order valence-corrected chi connectivity index (χ0v) is 49.7. The van der Waals surface area contributed by atoms with Crippen LogP contribution in [-0.4, -0.2) is 9.77 Å². The molecule has 69 heavy (non-hydrogen) atoms. The molecule has 2 aromatic heterocycles. The second-order valence-electron chi connectivity index (χ2n) is 25.1. The Bertz CT molecular complexity index is 2920. The van der Waals surface area contributed by atoms with E-state index in [-0.39, 0.29) is 28.9 Å². The molecule has 6 heteroatoms. The van der Waals surface area contributed by atoms with Crippen LogP contribution in [0.5, 0.6) is 0 Å². The van der Waals surface area contributed by atoms with Crippen LogP contribution in [0.2, 0.25) is 12.1 Å². The molecule has 3 aliphatic rings. The van der Waals surface area contributed by atoms with Gasteiger partial charge in [-0.05, 0) is 0 Å². The zero-order valence-electron chi connectivity index (χ0n) is 44.7. The van der Waals surface area contributed by atoms with Crippen LogP contribution in [0.15, 0.2) is 81.6 Å². The van der Waals surface area contributed by atoms with Crippen LogP contribution in [0.4, 0.5) is 0 Å². The van der Waals surface area contributed by atoms with Crippen molar-refractivity contribution in [3.63, 3.8) is 0 Å². The first kappa shape index (κ1) is 50.5. The summed E-state index contributed by atoms with van der Waals surface area (Å²) in [6.07, 6.45) is 5.12. The zero-order chi connectivity index (χ0) is 50.2. The number of alkyl halides is 2.